The molecule has 1 amide bonds. The summed E-state index contributed by atoms with van der Waals surface area (Å²) in [5.41, 5.74) is 2.99. The first-order valence-corrected chi connectivity index (χ1v) is 8.74. The Balaban J connectivity index is 1.71. The van der Waals surface area contributed by atoms with E-state index in [2.05, 4.69) is 17.3 Å². The third-order valence-corrected chi connectivity index (χ3v) is 4.77. The number of carbonyl (C=O) groups is 2. The molecule has 1 saturated heterocycles. The summed E-state index contributed by atoms with van der Waals surface area (Å²) >= 11 is 0. The van der Waals surface area contributed by atoms with E-state index in [0.29, 0.717) is 16.8 Å². The molecular weight excluding hydrogens is 312 g/mol. The molecule has 0 atom stereocenters. The summed E-state index contributed by atoms with van der Waals surface area (Å²) < 4.78 is 0. The summed E-state index contributed by atoms with van der Waals surface area (Å²) in [6.07, 6.45) is 1.80. The van der Waals surface area contributed by atoms with Crippen LogP contribution in [0.2, 0.25) is 0 Å². The molecule has 0 bridgehead atoms. The van der Waals surface area contributed by atoms with Gasteiger partial charge in [-0.05, 0) is 64.2 Å². The van der Waals surface area contributed by atoms with Gasteiger partial charge in [0.25, 0.3) is 5.91 Å². The lowest BCUT2D eigenvalue weighted by atomic mass is 9.89. The van der Waals surface area contributed by atoms with Crippen LogP contribution in [0.15, 0.2) is 48.5 Å². The number of hydrogen-bond donors (Lipinski definition) is 1. The van der Waals surface area contributed by atoms with Crippen LogP contribution in [0.25, 0.3) is 0 Å². The van der Waals surface area contributed by atoms with Crippen LogP contribution >= 0.6 is 0 Å². The number of carbonyl (C=O) groups excluding carboxylic acids is 2. The van der Waals surface area contributed by atoms with E-state index in [1.54, 1.807) is 12.1 Å². The van der Waals surface area contributed by atoms with Crippen molar-refractivity contribution in [3.05, 3.63) is 65.2 Å². The molecule has 2 aromatic carbocycles. The molecule has 0 aromatic heterocycles. The van der Waals surface area contributed by atoms with Crippen LogP contribution in [0.3, 0.4) is 0 Å². The van der Waals surface area contributed by atoms with Crippen LogP contribution in [-0.4, -0.2) is 36.7 Å². The summed E-state index contributed by atoms with van der Waals surface area (Å²) in [5, 5.41) is 2.89. The molecule has 4 heteroatoms. The molecular formula is C21H24N2O2. The number of Topliss-reactive ketones (excluding diaryl/α,β-unsaturated/α-hetero) is 1. The van der Waals surface area contributed by atoms with Gasteiger partial charge in [-0.15, -0.1) is 0 Å². The number of benzene rings is 2. The summed E-state index contributed by atoms with van der Waals surface area (Å²) in [7, 11) is 2.09. The molecule has 0 unspecified atom stereocenters. The highest BCUT2D eigenvalue weighted by atomic mass is 16.1. The van der Waals surface area contributed by atoms with Gasteiger partial charge in [0.1, 0.15) is 0 Å². The van der Waals surface area contributed by atoms with Gasteiger partial charge in [0.2, 0.25) is 0 Å². The molecule has 25 heavy (non-hydrogen) atoms. The van der Waals surface area contributed by atoms with E-state index in [0.717, 1.165) is 31.5 Å². The third kappa shape index (κ3) is 4.34. The molecule has 130 valence electrons. The number of hydrogen-bond acceptors (Lipinski definition) is 3. The van der Waals surface area contributed by atoms with Gasteiger partial charge in [0, 0.05) is 22.7 Å². The second kappa shape index (κ2) is 7.62. The highest BCUT2D eigenvalue weighted by molar-refractivity contribution is 6.05. The molecule has 3 rings (SSSR count). The highest BCUT2D eigenvalue weighted by Crippen LogP contribution is 2.23. The van der Waals surface area contributed by atoms with Crippen molar-refractivity contribution in [1.82, 2.24) is 4.90 Å². The lowest BCUT2D eigenvalue weighted by Gasteiger charge is -2.28. The lowest BCUT2D eigenvalue weighted by molar-refractivity contribution is 0.0856. The van der Waals surface area contributed by atoms with Crippen LogP contribution < -0.4 is 5.32 Å². The van der Waals surface area contributed by atoms with Gasteiger partial charge in [-0.1, -0.05) is 29.8 Å². The Morgan fingerprint density at radius 3 is 2.40 bits per heavy atom. The van der Waals surface area contributed by atoms with Gasteiger partial charge in [-0.2, -0.15) is 0 Å². The van der Waals surface area contributed by atoms with Gasteiger partial charge in [0.15, 0.2) is 5.78 Å². The number of rotatable bonds is 4. The number of likely N-dealkylation sites (tertiary alicyclic amines) is 1. The van der Waals surface area contributed by atoms with E-state index in [1.165, 1.54) is 0 Å². The lowest BCUT2D eigenvalue weighted by Crippen LogP contribution is -2.33. The summed E-state index contributed by atoms with van der Waals surface area (Å²) in [4.78, 5) is 27.4. The van der Waals surface area contributed by atoms with Crippen LogP contribution in [0.4, 0.5) is 5.69 Å². The van der Waals surface area contributed by atoms with Gasteiger partial charge >= 0.3 is 0 Å². The largest absolute Gasteiger partial charge is 0.322 e. The van der Waals surface area contributed by atoms with Crippen LogP contribution in [0.5, 0.6) is 0 Å². The first kappa shape index (κ1) is 17.4. The van der Waals surface area contributed by atoms with E-state index in [9.17, 15) is 9.59 Å². The Morgan fingerprint density at radius 2 is 1.68 bits per heavy atom. The van der Waals surface area contributed by atoms with Crippen molar-refractivity contribution in [1.29, 1.82) is 0 Å². The molecule has 1 fully saturated rings. The minimum Gasteiger partial charge on any atom is -0.322 e. The summed E-state index contributed by atoms with van der Waals surface area (Å²) in [6, 6.07) is 14.7. The van der Waals surface area contributed by atoms with E-state index in [4.69, 9.17) is 0 Å². The van der Waals surface area contributed by atoms with E-state index in [-0.39, 0.29) is 17.6 Å². The molecule has 0 saturated carbocycles. The van der Waals surface area contributed by atoms with Gasteiger partial charge in [-0.25, -0.2) is 0 Å². The fraction of sp³-hybridized carbons (Fsp3) is 0.333. The van der Waals surface area contributed by atoms with Crippen LogP contribution in [0, 0.1) is 12.8 Å². The first-order valence-electron chi connectivity index (χ1n) is 8.74. The smallest absolute Gasteiger partial charge is 0.255 e. The van der Waals surface area contributed by atoms with Crippen molar-refractivity contribution in [2.75, 3.05) is 25.5 Å². The zero-order valence-corrected chi connectivity index (χ0v) is 14.8. The number of amides is 1. The van der Waals surface area contributed by atoms with E-state index < -0.39 is 0 Å². The Bertz CT molecular complexity index is 777. The highest BCUT2D eigenvalue weighted by Gasteiger charge is 2.24. The van der Waals surface area contributed by atoms with E-state index in [1.807, 2.05) is 43.3 Å². The number of aryl methyl sites for hydroxylation is 1. The molecule has 1 heterocycles. The number of ketones is 1. The number of nitrogens with one attached hydrogen (secondary N) is 1. The maximum atomic E-state index is 12.7. The summed E-state index contributed by atoms with van der Waals surface area (Å²) in [6.45, 7) is 3.87. The monoisotopic (exact) mass is 336 g/mol. The van der Waals surface area contributed by atoms with Crippen LogP contribution in [-0.2, 0) is 0 Å². The fourth-order valence-corrected chi connectivity index (χ4v) is 3.25. The second-order valence-electron chi connectivity index (χ2n) is 6.85. The average molecular weight is 336 g/mol. The maximum Gasteiger partial charge on any atom is 0.255 e. The summed E-state index contributed by atoms with van der Waals surface area (Å²) in [5.74, 6) is 0.103. The molecule has 1 aliphatic rings. The Labute approximate surface area is 148 Å². The average Bonchev–Trinajstić information content (AvgIpc) is 2.62. The second-order valence-corrected chi connectivity index (χ2v) is 6.85. The van der Waals surface area contributed by atoms with Crippen molar-refractivity contribution in [3.8, 4) is 0 Å². The van der Waals surface area contributed by atoms with Crippen molar-refractivity contribution < 1.29 is 9.59 Å². The zero-order valence-electron chi connectivity index (χ0n) is 14.8. The van der Waals surface area contributed by atoms with Gasteiger partial charge in [0.05, 0.1) is 0 Å². The van der Waals surface area contributed by atoms with Crippen molar-refractivity contribution in [3.63, 3.8) is 0 Å². The fourth-order valence-electron chi connectivity index (χ4n) is 3.25. The molecule has 4 nitrogen and oxygen atoms in total. The number of nitrogens with zero attached hydrogens (tertiary/aromatic N) is 1. The Hall–Kier alpha value is -2.46. The minimum absolute atomic E-state index is 0.0823. The first-order chi connectivity index (χ1) is 12.0. The predicted molar refractivity (Wildman–Crippen MR) is 100 cm³/mol. The molecule has 0 spiro atoms. The van der Waals surface area contributed by atoms with E-state index >= 15 is 0 Å². The van der Waals surface area contributed by atoms with Crippen molar-refractivity contribution >= 4 is 17.4 Å². The number of anilines is 1. The number of piperidine rings is 1. The van der Waals surface area contributed by atoms with Crippen molar-refractivity contribution in [2.24, 2.45) is 5.92 Å². The quantitative estimate of drug-likeness (QED) is 0.865. The normalized spacial score (nSPS) is 15.8. The maximum absolute atomic E-state index is 12.7. The SMILES string of the molecule is Cc1cccc(C(=O)Nc2cccc(C(=O)C3CCN(C)CC3)c2)c1. The molecule has 0 radical (unpaired) electrons. The Kier molecular flexibility index (Phi) is 5.29. The minimum atomic E-state index is -0.160. The van der Waals surface area contributed by atoms with Gasteiger partial charge < -0.3 is 10.2 Å². The molecule has 1 N–H and O–H groups in total. The Morgan fingerprint density at radius 1 is 1.00 bits per heavy atom. The van der Waals surface area contributed by atoms with Gasteiger partial charge in [-0.3, -0.25) is 9.59 Å². The van der Waals surface area contributed by atoms with Crippen molar-refractivity contribution in [2.45, 2.75) is 19.8 Å². The predicted octanol–water partition coefficient (Wildman–Crippen LogP) is 3.77. The molecule has 1 aliphatic heterocycles. The van der Waals surface area contributed by atoms with Crippen LogP contribution in [0.1, 0.15) is 39.1 Å². The standard InChI is InChI=1S/C21H24N2O2/c1-15-5-3-7-18(13-15)21(25)22-19-8-4-6-17(14-19)20(24)16-9-11-23(2)12-10-16/h3-8,13-14,16H,9-12H2,1-2H3,(H,22,25). The molecule has 0 aliphatic carbocycles. The molecule has 2 aromatic rings. The topological polar surface area (TPSA) is 49.4 Å². The zero-order chi connectivity index (χ0) is 17.8. The third-order valence-electron chi connectivity index (χ3n) is 4.77.